The van der Waals surface area contributed by atoms with Crippen LogP contribution in [0.5, 0.6) is 5.75 Å². The molecule has 5 rings (SSSR count). The Hall–Kier alpha value is -3.00. The molecule has 2 aromatic carbocycles. The van der Waals surface area contributed by atoms with Gasteiger partial charge in [0.05, 0.1) is 19.0 Å². The van der Waals surface area contributed by atoms with Crippen molar-refractivity contribution in [3.63, 3.8) is 0 Å². The Morgan fingerprint density at radius 3 is 2.62 bits per heavy atom. The zero-order valence-corrected chi connectivity index (χ0v) is 23.9. The molecule has 40 heavy (non-hydrogen) atoms. The lowest BCUT2D eigenvalue weighted by molar-refractivity contribution is 0.150. The van der Waals surface area contributed by atoms with Gasteiger partial charge in [-0.2, -0.15) is 4.98 Å². The number of para-hydroxylation sites is 1. The van der Waals surface area contributed by atoms with Gasteiger partial charge in [-0.3, -0.25) is 9.11 Å². The number of nitrogens with zero attached hydrogens (tertiary/aromatic N) is 4. The van der Waals surface area contributed by atoms with Gasteiger partial charge in [0.25, 0.3) is 0 Å². The predicted octanol–water partition coefficient (Wildman–Crippen LogP) is 3.38. The summed E-state index contributed by atoms with van der Waals surface area (Å²) in [6.07, 6.45) is 3.82. The van der Waals surface area contributed by atoms with Crippen molar-refractivity contribution >= 4 is 51.7 Å². The number of ether oxygens (including phenoxy) is 1. The van der Waals surface area contributed by atoms with Crippen molar-refractivity contribution in [3.8, 4) is 5.75 Å². The van der Waals surface area contributed by atoms with E-state index in [9.17, 15) is 8.76 Å². The molecule has 214 valence electrons. The number of aromatic nitrogens is 2. The summed E-state index contributed by atoms with van der Waals surface area (Å²) in [5, 5.41) is 10.2. The first-order chi connectivity index (χ1) is 19.5. The van der Waals surface area contributed by atoms with Crippen molar-refractivity contribution in [1.82, 2.24) is 24.9 Å². The molecular weight excluding hydrogens is 552 g/mol. The van der Waals surface area contributed by atoms with Gasteiger partial charge in [-0.15, -0.1) is 0 Å². The fourth-order valence-electron chi connectivity index (χ4n) is 5.21. The molecule has 1 aromatic heterocycles. The number of nitrogens with one attached hydrogen (secondary N) is 4. The van der Waals surface area contributed by atoms with Crippen LogP contribution in [0.2, 0.25) is 5.02 Å². The lowest BCUT2D eigenvalue weighted by atomic mass is 10.0. The van der Waals surface area contributed by atoms with Crippen LogP contribution in [0.25, 0.3) is 0 Å². The number of anilines is 5. The van der Waals surface area contributed by atoms with Crippen LogP contribution in [0.3, 0.4) is 0 Å². The molecule has 0 bridgehead atoms. The summed E-state index contributed by atoms with van der Waals surface area (Å²) < 4.78 is 30.0. The second kappa shape index (κ2) is 13.6. The fraction of sp³-hybridized carbons (Fsp3) is 0.407. The normalized spacial score (nSPS) is 17.4. The van der Waals surface area contributed by atoms with Crippen LogP contribution in [0.15, 0.2) is 48.7 Å². The highest BCUT2D eigenvalue weighted by molar-refractivity contribution is 7.77. The molecule has 1 unspecified atom stereocenters. The van der Waals surface area contributed by atoms with Gasteiger partial charge in [-0.05, 0) is 36.6 Å². The second-order valence-corrected chi connectivity index (χ2v) is 10.9. The van der Waals surface area contributed by atoms with Gasteiger partial charge < -0.3 is 30.1 Å². The molecule has 3 heterocycles. The Morgan fingerprint density at radius 2 is 1.88 bits per heavy atom. The monoisotopic (exact) mass is 585 g/mol. The van der Waals surface area contributed by atoms with Crippen molar-refractivity contribution in [2.75, 3.05) is 61.9 Å². The molecule has 13 heteroatoms. The maximum absolute atomic E-state index is 11.0. The number of rotatable bonds is 10. The number of piperazine rings is 1. The number of halogens is 1. The lowest BCUT2D eigenvalue weighted by Crippen LogP contribution is -2.52. The SMILES string of the molecule is COc1cc(N2CCC(N3CCNCC3)CC2)ccc1Nc1ncc(Cl)c(Nc2ccccc2CNS(=O)[O-])n1. The average Bonchev–Trinajstić information content (AvgIpc) is 2.99. The highest BCUT2D eigenvalue weighted by Gasteiger charge is 2.26. The Bertz CT molecular complexity index is 1320. The molecular formula is C27H34ClN8O3S-. The van der Waals surface area contributed by atoms with E-state index >= 15 is 0 Å². The fourth-order valence-corrected chi connectivity index (χ4v) is 5.62. The molecule has 2 fully saturated rings. The summed E-state index contributed by atoms with van der Waals surface area (Å²) >= 11 is 4.02. The second-order valence-electron chi connectivity index (χ2n) is 9.74. The van der Waals surface area contributed by atoms with Crippen molar-refractivity contribution in [1.29, 1.82) is 0 Å². The molecule has 0 amide bonds. The zero-order valence-electron chi connectivity index (χ0n) is 22.4. The van der Waals surface area contributed by atoms with E-state index in [-0.39, 0.29) is 6.54 Å². The van der Waals surface area contributed by atoms with Gasteiger partial charge in [0.1, 0.15) is 10.8 Å². The third kappa shape index (κ3) is 7.19. The average molecular weight is 586 g/mol. The highest BCUT2D eigenvalue weighted by atomic mass is 35.5. The molecule has 2 aliphatic rings. The number of piperidine rings is 1. The van der Waals surface area contributed by atoms with Crippen LogP contribution in [0.4, 0.5) is 28.8 Å². The number of hydrogen-bond acceptors (Lipinski definition) is 10. The smallest absolute Gasteiger partial charge is 0.229 e. The number of benzene rings is 2. The highest BCUT2D eigenvalue weighted by Crippen LogP contribution is 2.34. The van der Waals surface area contributed by atoms with Crippen LogP contribution in [-0.4, -0.2) is 76.0 Å². The molecule has 2 aliphatic heterocycles. The first-order valence-electron chi connectivity index (χ1n) is 13.3. The van der Waals surface area contributed by atoms with E-state index in [1.54, 1.807) is 7.11 Å². The first-order valence-corrected chi connectivity index (χ1v) is 14.8. The quantitative estimate of drug-likeness (QED) is 0.263. The zero-order chi connectivity index (χ0) is 27.9. The summed E-state index contributed by atoms with van der Waals surface area (Å²) in [6, 6.07) is 14.1. The van der Waals surface area contributed by atoms with E-state index in [0.717, 1.165) is 69.0 Å². The summed E-state index contributed by atoms with van der Waals surface area (Å²) in [7, 11) is 1.65. The molecule has 0 radical (unpaired) electrons. The molecule has 2 saturated heterocycles. The van der Waals surface area contributed by atoms with Gasteiger partial charge >= 0.3 is 0 Å². The Labute approximate surface area is 242 Å². The number of methoxy groups -OCH3 is 1. The summed E-state index contributed by atoms with van der Waals surface area (Å²) in [6.45, 7) is 6.59. The van der Waals surface area contributed by atoms with E-state index in [0.29, 0.717) is 34.3 Å². The predicted molar refractivity (Wildman–Crippen MR) is 158 cm³/mol. The van der Waals surface area contributed by atoms with Crippen LogP contribution in [0, 0.1) is 0 Å². The summed E-state index contributed by atoms with van der Waals surface area (Å²) in [5.41, 5.74) is 3.28. The number of hydrogen-bond donors (Lipinski definition) is 4. The summed E-state index contributed by atoms with van der Waals surface area (Å²) in [5.74, 6) is 1.42. The standard InChI is InChI=1S/C27H35ClN8O3S/c1-39-25-16-21(35-12-8-20(9-13-35)36-14-10-29-11-15-36)6-7-24(25)33-27-30-18-22(28)26(34-27)32-23-5-3-2-4-19(23)17-31-40(37)38/h2-7,16,18,20,29,31H,8-15,17H2,1H3,(H,37,38)(H2,30,32,33,34)/p-1. The third-order valence-corrected chi connectivity index (χ3v) is 7.98. The van der Waals surface area contributed by atoms with Gasteiger partial charge in [-0.25, -0.2) is 9.71 Å². The Kier molecular flexibility index (Phi) is 9.68. The third-order valence-electron chi connectivity index (χ3n) is 7.32. The molecule has 11 nitrogen and oxygen atoms in total. The van der Waals surface area contributed by atoms with E-state index in [1.807, 2.05) is 36.4 Å². The van der Waals surface area contributed by atoms with Crippen LogP contribution < -0.4 is 30.3 Å². The van der Waals surface area contributed by atoms with E-state index in [2.05, 4.69) is 46.5 Å². The van der Waals surface area contributed by atoms with E-state index in [4.69, 9.17) is 16.3 Å². The minimum atomic E-state index is -2.37. The van der Waals surface area contributed by atoms with Crippen molar-refractivity contribution in [3.05, 3.63) is 59.2 Å². The Balaban J connectivity index is 1.26. The van der Waals surface area contributed by atoms with Crippen LogP contribution in [-0.2, 0) is 17.8 Å². The first kappa shape index (κ1) is 28.5. The van der Waals surface area contributed by atoms with Crippen LogP contribution >= 0.6 is 11.6 Å². The molecule has 0 aliphatic carbocycles. The lowest BCUT2D eigenvalue weighted by Gasteiger charge is -2.41. The molecule has 1 atom stereocenters. The van der Waals surface area contributed by atoms with Crippen molar-refractivity contribution in [2.24, 2.45) is 0 Å². The van der Waals surface area contributed by atoms with E-state index in [1.165, 1.54) is 6.20 Å². The molecule has 4 N–H and O–H groups in total. The maximum atomic E-state index is 11.0. The Morgan fingerprint density at radius 1 is 1.10 bits per heavy atom. The molecule has 0 saturated carbocycles. The molecule has 0 spiro atoms. The van der Waals surface area contributed by atoms with Crippen LogP contribution in [0.1, 0.15) is 18.4 Å². The summed E-state index contributed by atoms with van der Waals surface area (Å²) in [4.78, 5) is 13.9. The van der Waals surface area contributed by atoms with Crippen molar-refractivity contribution < 1.29 is 13.5 Å². The van der Waals surface area contributed by atoms with Crippen molar-refractivity contribution in [2.45, 2.75) is 25.4 Å². The van der Waals surface area contributed by atoms with Gasteiger partial charge in [0.15, 0.2) is 5.82 Å². The minimum absolute atomic E-state index is 0.129. The largest absolute Gasteiger partial charge is 0.760 e. The topological polar surface area (TPSA) is 130 Å². The van der Waals surface area contributed by atoms with Gasteiger partial charge in [0, 0.05) is 80.6 Å². The van der Waals surface area contributed by atoms with Gasteiger partial charge in [0.2, 0.25) is 5.95 Å². The van der Waals surface area contributed by atoms with E-state index < -0.39 is 11.3 Å². The minimum Gasteiger partial charge on any atom is -0.760 e. The molecule has 3 aromatic rings. The van der Waals surface area contributed by atoms with Gasteiger partial charge in [-0.1, -0.05) is 29.8 Å². The maximum Gasteiger partial charge on any atom is 0.229 e.